The van der Waals surface area contributed by atoms with Crippen molar-refractivity contribution in [1.82, 2.24) is 9.32 Å². The molecule has 9 heteroatoms. The summed E-state index contributed by atoms with van der Waals surface area (Å²) in [5, 5.41) is 19.8. The van der Waals surface area contributed by atoms with Crippen LogP contribution in [0.2, 0.25) is 0 Å². The van der Waals surface area contributed by atoms with Gasteiger partial charge in [0.1, 0.15) is 24.1 Å². The van der Waals surface area contributed by atoms with E-state index in [0.717, 1.165) is 10.7 Å². The molecule has 2 heterocycles. The summed E-state index contributed by atoms with van der Waals surface area (Å²) < 4.78 is 23.0. The van der Waals surface area contributed by atoms with Crippen molar-refractivity contribution < 1.29 is 28.9 Å². The minimum atomic E-state index is -4.06. The van der Waals surface area contributed by atoms with Crippen molar-refractivity contribution in [1.29, 1.82) is 0 Å². The van der Waals surface area contributed by atoms with Crippen molar-refractivity contribution in [2.24, 2.45) is 0 Å². The molecule has 0 bridgehead atoms. The predicted octanol–water partition coefficient (Wildman–Crippen LogP) is -0.253. The number of aliphatic hydroxyl groups excluding tert-OH is 1. The molecule has 1 aromatic heterocycles. The van der Waals surface area contributed by atoms with Crippen molar-refractivity contribution in [3.8, 4) is 0 Å². The largest absolute Gasteiger partial charge is 0.437 e. The van der Waals surface area contributed by atoms with E-state index < -0.39 is 31.7 Å². The lowest BCUT2D eigenvalue weighted by Crippen LogP contribution is -2.45. The molecule has 8 nitrogen and oxygen atoms in total. The molecule has 0 spiro atoms. The van der Waals surface area contributed by atoms with Crippen LogP contribution in [0.15, 0.2) is 18.7 Å². The average Bonchev–Trinajstić information content (AvgIpc) is 2.92. The van der Waals surface area contributed by atoms with Gasteiger partial charge >= 0.3 is 7.75 Å². The zero-order chi connectivity index (χ0) is 14.3. The zero-order valence-electron chi connectivity index (χ0n) is 10.6. The molecule has 1 aromatic rings. The molecule has 0 saturated carbocycles. The van der Waals surface area contributed by atoms with Crippen LogP contribution in [-0.2, 0) is 13.8 Å². The monoisotopic (exact) mass is 292 g/mol. The van der Waals surface area contributed by atoms with Gasteiger partial charge in [-0.1, -0.05) is 0 Å². The summed E-state index contributed by atoms with van der Waals surface area (Å²) in [6.07, 6.45) is 1.15. The molecule has 0 amide bonds. The number of hydrogen-bond donors (Lipinski definition) is 3. The average molecular weight is 292 g/mol. The standard InChI is InChI=1S/C10H17N2O6P/c1-7-10(2,14)9(13)8(18-7)5-17-19(15,16)12-4-3-11-6-12/h3-4,6-9,13-14H,5H2,1-2H3,(H,15,16)/t7?,8-,9-,10+/m1/s1. The van der Waals surface area contributed by atoms with Crippen LogP contribution < -0.4 is 0 Å². The molecule has 108 valence electrons. The number of aliphatic hydroxyl groups is 2. The van der Waals surface area contributed by atoms with E-state index in [1.165, 1.54) is 19.3 Å². The van der Waals surface area contributed by atoms with Crippen molar-refractivity contribution in [2.75, 3.05) is 6.61 Å². The molecule has 19 heavy (non-hydrogen) atoms. The molecule has 3 N–H and O–H groups in total. The van der Waals surface area contributed by atoms with Gasteiger partial charge in [-0.3, -0.25) is 4.52 Å². The maximum Gasteiger partial charge on any atom is 0.437 e. The topological polar surface area (TPSA) is 114 Å². The maximum atomic E-state index is 11.8. The fourth-order valence-corrected chi connectivity index (χ4v) is 2.75. The van der Waals surface area contributed by atoms with Crippen molar-refractivity contribution >= 4 is 7.75 Å². The third-order valence-electron chi connectivity index (χ3n) is 3.34. The lowest BCUT2D eigenvalue weighted by atomic mass is 9.94. The molecular formula is C10H17N2O6P. The Hall–Kier alpha value is -0.760. The lowest BCUT2D eigenvalue weighted by molar-refractivity contribution is -0.0572. The SMILES string of the molecule is CC1O[C@H](COP(=O)(O)n2ccnc2)[C@@H](O)[C@@]1(C)O. The minimum Gasteiger partial charge on any atom is -0.387 e. The Morgan fingerprint density at radius 2 is 2.32 bits per heavy atom. The first kappa shape index (κ1) is 14.6. The van der Waals surface area contributed by atoms with E-state index in [1.807, 2.05) is 0 Å². The van der Waals surface area contributed by atoms with Crippen LogP contribution in [0.1, 0.15) is 13.8 Å². The summed E-state index contributed by atoms with van der Waals surface area (Å²) in [7, 11) is -4.06. The normalized spacial score (nSPS) is 38.3. The Kier molecular flexibility index (Phi) is 3.83. The zero-order valence-corrected chi connectivity index (χ0v) is 11.5. The molecule has 0 radical (unpaired) electrons. The van der Waals surface area contributed by atoms with E-state index in [0.29, 0.717) is 0 Å². The van der Waals surface area contributed by atoms with Crippen LogP contribution in [0.25, 0.3) is 0 Å². The summed E-state index contributed by atoms with van der Waals surface area (Å²) in [5.41, 5.74) is -1.41. The summed E-state index contributed by atoms with van der Waals surface area (Å²) in [6, 6.07) is 0. The highest BCUT2D eigenvalue weighted by Crippen LogP contribution is 2.44. The number of nitrogens with zero attached hydrogens (tertiary/aromatic N) is 2. The third-order valence-corrected chi connectivity index (χ3v) is 4.65. The third kappa shape index (κ3) is 2.74. The van der Waals surface area contributed by atoms with Gasteiger partial charge in [-0.05, 0) is 13.8 Å². The van der Waals surface area contributed by atoms with Gasteiger partial charge in [-0.25, -0.2) is 13.9 Å². The molecule has 0 aliphatic carbocycles. The van der Waals surface area contributed by atoms with Gasteiger partial charge in [0.15, 0.2) is 0 Å². The van der Waals surface area contributed by atoms with E-state index >= 15 is 0 Å². The highest BCUT2D eigenvalue weighted by molar-refractivity contribution is 7.51. The smallest absolute Gasteiger partial charge is 0.387 e. The van der Waals surface area contributed by atoms with Crippen LogP contribution in [0.5, 0.6) is 0 Å². The molecular weight excluding hydrogens is 275 g/mol. The Bertz CT molecular complexity index is 476. The molecule has 1 aliphatic rings. The van der Waals surface area contributed by atoms with Crippen LogP contribution in [-0.4, -0.2) is 54.9 Å². The van der Waals surface area contributed by atoms with Gasteiger partial charge in [0.2, 0.25) is 0 Å². The highest BCUT2D eigenvalue weighted by atomic mass is 31.2. The van der Waals surface area contributed by atoms with Crippen molar-refractivity contribution in [3.63, 3.8) is 0 Å². The first-order valence-corrected chi connectivity index (χ1v) is 7.30. The second-order valence-electron chi connectivity index (χ2n) is 4.72. The number of ether oxygens (including phenoxy) is 1. The van der Waals surface area contributed by atoms with Crippen molar-refractivity contribution in [2.45, 2.75) is 37.8 Å². The summed E-state index contributed by atoms with van der Waals surface area (Å²) in [4.78, 5) is 13.3. The second-order valence-corrected chi connectivity index (χ2v) is 6.42. The van der Waals surface area contributed by atoms with Gasteiger partial charge in [-0.15, -0.1) is 0 Å². The first-order valence-electron chi connectivity index (χ1n) is 5.77. The van der Waals surface area contributed by atoms with E-state index in [2.05, 4.69) is 4.98 Å². The Morgan fingerprint density at radius 1 is 1.63 bits per heavy atom. The van der Waals surface area contributed by atoms with Crippen LogP contribution in [0.4, 0.5) is 0 Å². The first-order chi connectivity index (χ1) is 8.75. The lowest BCUT2D eigenvalue weighted by Gasteiger charge is -2.24. The Morgan fingerprint density at radius 3 is 2.79 bits per heavy atom. The molecule has 2 rings (SSSR count). The van der Waals surface area contributed by atoms with Gasteiger partial charge in [-0.2, -0.15) is 0 Å². The summed E-state index contributed by atoms with van der Waals surface area (Å²) >= 11 is 0. The number of hydrogen-bond acceptors (Lipinski definition) is 6. The maximum absolute atomic E-state index is 11.8. The molecule has 5 atom stereocenters. The summed E-state index contributed by atoms with van der Waals surface area (Å²) in [6.45, 7) is 2.74. The number of rotatable bonds is 4. The van der Waals surface area contributed by atoms with Crippen LogP contribution >= 0.6 is 7.75 Å². The van der Waals surface area contributed by atoms with Gasteiger partial charge in [0.05, 0.1) is 12.7 Å². The molecule has 0 aromatic carbocycles. The van der Waals surface area contributed by atoms with E-state index in [9.17, 15) is 19.7 Å². The van der Waals surface area contributed by atoms with Crippen molar-refractivity contribution in [3.05, 3.63) is 18.7 Å². The van der Waals surface area contributed by atoms with Gasteiger partial charge < -0.3 is 19.8 Å². The van der Waals surface area contributed by atoms with Gasteiger partial charge in [0, 0.05) is 12.4 Å². The number of imidazole rings is 1. The minimum absolute atomic E-state index is 0.312. The highest BCUT2D eigenvalue weighted by Gasteiger charge is 2.50. The predicted molar refractivity (Wildman–Crippen MR) is 64.4 cm³/mol. The van der Waals surface area contributed by atoms with E-state index in [4.69, 9.17) is 9.26 Å². The Balaban J connectivity index is 1.99. The van der Waals surface area contributed by atoms with Gasteiger partial charge in [0.25, 0.3) is 0 Å². The molecule has 1 fully saturated rings. The van der Waals surface area contributed by atoms with E-state index in [-0.39, 0.29) is 6.61 Å². The van der Waals surface area contributed by atoms with Crippen LogP contribution in [0.3, 0.4) is 0 Å². The fraction of sp³-hybridized carbons (Fsp3) is 0.700. The molecule has 2 unspecified atom stereocenters. The summed E-state index contributed by atoms with van der Waals surface area (Å²) in [5.74, 6) is 0. The Labute approximate surface area is 110 Å². The second kappa shape index (κ2) is 4.97. The molecule has 1 saturated heterocycles. The van der Waals surface area contributed by atoms with E-state index in [1.54, 1.807) is 6.92 Å². The number of aromatic nitrogens is 2. The quantitative estimate of drug-likeness (QED) is 0.655. The molecule has 1 aliphatic heterocycles. The fourth-order valence-electron chi connectivity index (χ4n) is 1.86. The van der Waals surface area contributed by atoms with Crippen LogP contribution in [0, 0.1) is 0 Å².